The molecule has 0 aliphatic heterocycles. The molecule has 0 amide bonds. The smallest absolute Gasteiger partial charge is 0.254 e. The number of benzene rings is 3. The summed E-state index contributed by atoms with van der Waals surface area (Å²) in [4.78, 5) is 15.9. The number of hydrogen-bond donors (Lipinski definition) is 2. The third kappa shape index (κ3) is 4.08. The van der Waals surface area contributed by atoms with Crippen LogP contribution in [0.15, 0.2) is 89.7 Å². The summed E-state index contributed by atoms with van der Waals surface area (Å²) in [7, 11) is 1.61. The molecule has 0 saturated carbocycles. The van der Waals surface area contributed by atoms with Crippen molar-refractivity contribution in [3.8, 4) is 22.7 Å². The number of nitrogens with one attached hydrogen (secondary N) is 2. The molecule has 0 aliphatic carbocycles. The van der Waals surface area contributed by atoms with Crippen LogP contribution in [0.1, 0.15) is 5.56 Å². The maximum Gasteiger partial charge on any atom is 0.254 e. The first kappa shape index (κ1) is 20.5. The molecule has 0 unspecified atom stereocenters. The first-order valence-corrected chi connectivity index (χ1v) is 10.5. The summed E-state index contributed by atoms with van der Waals surface area (Å²) in [6.07, 6.45) is 0. The van der Waals surface area contributed by atoms with Crippen molar-refractivity contribution in [1.29, 1.82) is 0 Å². The van der Waals surface area contributed by atoms with Gasteiger partial charge in [0.1, 0.15) is 22.9 Å². The second kappa shape index (κ2) is 8.63. The number of ether oxygens (including phenoxy) is 1. The highest BCUT2D eigenvalue weighted by Gasteiger charge is 2.17. The van der Waals surface area contributed by atoms with E-state index in [2.05, 4.69) is 10.3 Å². The van der Waals surface area contributed by atoms with E-state index in [1.54, 1.807) is 23.9 Å². The lowest BCUT2D eigenvalue weighted by atomic mass is 10.1. The van der Waals surface area contributed by atoms with E-state index in [1.807, 2.05) is 60.7 Å². The van der Waals surface area contributed by atoms with E-state index < -0.39 is 0 Å². The van der Waals surface area contributed by atoms with Crippen molar-refractivity contribution >= 4 is 16.7 Å². The minimum absolute atomic E-state index is 0.222. The largest absolute Gasteiger partial charge is 0.497 e. The maximum absolute atomic E-state index is 14.0. The zero-order chi connectivity index (χ0) is 22.8. The number of H-pyrrole nitrogens is 1. The van der Waals surface area contributed by atoms with Crippen LogP contribution in [0.5, 0.6) is 5.75 Å². The molecular formula is C26H21FN4O2. The first-order valence-electron chi connectivity index (χ1n) is 10.5. The highest BCUT2D eigenvalue weighted by atomic mass is 19.1. The molecule has 6 nitrogen and oxygen atoms in total. The van der Waals surface area contributed by atoms with Crippen LogP contribution in [0.2, 0.25) is 0 Å². The molecule has 3 aromatic carbocycles. The molecule has 164 valence electrons. The van der Waals surface area contributed by atoms with Gasteiger partial charge >= 0.3 is 0 Å². The molecule has 0 atom stereocenters. The Morgan fingerprint density at radius 2 is 1.82 bits per heavy atom. The summed E-state index contributed by atoms with van der Waals surface area (Å²) >= 11 is 0. The van der Waals surface area contributed by atoms with Crippen LogP contribution in [0, 0.1) is 5.82 Å². The number of methoxy groups -OCH3 is 1. The Morgan fingerprint density at radius 1 is 1.00 bits per heavy atom. The standard InChI is InChI=1S/C26H21FN4O2/c1-33-22-12-6-9-20(15-22)28-16-18-14-23-24(17-7-5-8-19(27)13-17)30-31(25(23)29-26(18)32)21-10-3-2-4-11-21/h2-15,28H,16H2,1H3,(H,29,32). The van der Waals surface area contributed by atoms with Crippen LogP contribution in [0.25, 0.3) is 28.0 Å². The number of rotatable bonds is 6. The number of pyridine rings is 1. The van der Waals surface area contributed by atoms with Crippen molar-refractivity contribution < 1.29 is 9.13 Å². The van der Waals surface area contributed by atoms with Gasteiger partial charge in [-0.2, -0.15) is 5.10 Å². The molecule has 0 saturated heterocycles. The zero-order valence-corrected chi connectivity index (χ0v) is 17.9. The van der Waals surface area contributed by atoms with E-state index >= 15 is 0 Å². The quantitative estimate of drug-likeness (QED) is 0.384. The fraction of sp³-hybridized carbons (Fsp3) is 0.0769. The fourth-order valence-electron chi connectivity index (χ4n) is 3.78. The summed E-state index contributed by atoms with van der Waals surface area (Å²) in [5.74, 6) is 0.376. The topological polar surface area (TPSA) is 71.9 Å². The van der Waals surface area contributed by atoms with Gasteiger partial charge in [-0.15, -0.1) is 0 Å². The molecule has 2 aromatic heterocycles. The highest BCUT2D eigenvalue weighted by molar-refractivity contribution is 5.92. The van der Waals surface area contributed by atoms with Crippen LogP contribution >= 0.6 is 0 Å². The number of aromatic nitrogens is 3. The van der Waals surface area contributed by atoms with Gasteiger partial charge in [-0.05, 0) is 42.5 Å². The van der Waals surface area contributed by atoms with Crippen molar-refractivity contribution in [3.63, 3.8) is 0 Å². The molecule has 0 bridgehead atoms. The number of para-hydroxylation sites is 1. The number of hydrogen-bond acceptors (Lipinski definition) is 4. The van der Waals surface area contributed by atoms with Crippen LogP contribution in [0.3, 0.4) is 0 Å². The Labute approximate surface area is 189 Å². The molecule has 0 fully saturated rings. The Morgan fingerprint density at radius 3 is 2.61 bits per heavy atom. The number of fused-ring (bicyclic) bond motifs is 1. The summed E-state index contributed by atoms with van der Waals surface area (Å²) in [6, 6.07) is 25.1. The molecule has 5 rings (SSSR count). The summed E-state index contributed by atoms with van der Waals surface area (Å²) in [6.45, 7) is 0.303. The molecule has 0 radical (unpaired) electrons. The van der Waals surface area contributed by atoms with E-state index in [0.717, 1.165) is 22.5 Å². The lowest BCUT2D eigenvalue weighted by Gasteiger charge is -2.08. The van der Waals surface area contributed by atoms with Gasteiger partial charge in [-0.3, -0.25) is 4.79 Å². The average molecular weight is 440 g/mol. The Kier molecular flexibility index (Phi) is 5.36. The fourth-order valence-corrected chi connectivity index (χ4v) is 3.78. The Hall–Kier alpha value is -4.39. The van der Waals surface area contributed by atoms with E-state index in [-0.39, 0.29) is 11.4 Å². The summed E-state index contributed by atoms with van der Waals surface area (Å²) < 4.78 is 20.9. The molecule has 7 heteroatoms. The van der Waals surface area contributed by atoms with Crippen molar-refractivity contribution in [2.75, 3.05) is 12.4 Å². The first-order chi connectivity index (χ1) is 16.1. The van der Waals surface area contributed by atoms with Crippen LogP contribution in [0.4, 0.5) is 10.1 Å². The van der Waals surface area contributed by atoms with Gasteiger partial charge in [0.15, 0.2) is 0 Å². The molecule has 2 heterocycles. The lowest BCUT2D eigenvalue weighted by Crippen LogP contribution is -2.16. The van der Waals surface area contributed by atoms with Crippen molar-refractivity contribution in [3.05, 3.63) is 107 Å². The van der Waals surface area contributed by atoms with Gasteiger partial charge in [0.05, 0.1) is 12.8 Å². The third-order valence-corrected chi connectivity index (χ3v) is 5.42. The highest BCUT2D eigenvalue weighted by Crippen LogP contribution is 2.29. The molecule has 5 aromatic rings. The minimum atomic E-state index is -0.348. The Bertz CT molecular complexity index is 1490. The van der Waals surface area contributed by atoms with E-state index in [4.69, 9.17) is 9.84 Å². The van der Waals surface area contributed by atoms with Gasteiger partial charge in [0, 0.05) is 34.8 Å². The van der Waals surface area contributed by atoms with Crippen molar-refractivity contribution in [2.24, 2.45) is 0 Å². The van der Waals surface area contributed by atoms with Gasteiger partial charge < -0.3 is 15.0 Å². The van der Waals surface area contributed by atoms with E-state index in [9.17, 15) is 9.18 Å². The van der Waals surface area contributed by atoms with Gasteiger partial charge in [-0.25, -0.2) is 9.07 Å². The van der Waals surface area contributed by atoms with Crippen LogP contribution in [-0.4, -0.2) is 21.9 Å². The Balaban J connectivity index is 1.62. The van der Waals surface area contributed by atoms with Gasteiger partial charge in [-0.1, -0.05) is 36.4 Å². The second-order valence-corrected chi connectivity index (χ2v) is 7.58. The number of anilines is 1. The summed E-state index contributed by atoms with van der Waals surface area (Å²) in [5, 5.41) is 8.73. The SMILES string of the molecule is COc1cccc(NCc2cc3c(-c4cccc(F)c4)nn(-c4ccccc4)c3[nH]c2=O)c1. The van der Waals surface area contributed by atoms with Crippen molar-refractivity contribution in [1.82, 2.24) is 14.8 Å². The minimum Gasteiger partial charge on any atom is -0.497 e. The van der Waals surface area contributed by atoms with Gasteiger partial charge in [0.2, 0.25) is 0 Å². The maximum atomic E-state index is 14.0. The number of aromatic amines is 1. The molecule has 33 heavy (non-hydrogen) atoms. The number of halogens is 1. The van der Waals surface area contributed by atoms with Crippen molar-refractivity contribution in [2.45, 2.75) is 6.54 Å². The van der Waals surface area contributed by atoms with E-state index in [1.165, 1.54) is 12.1 Å². The predicted molar refractivity (Wildman–Crippen MR) is 127 cm³/mol. The zero-order valence-electron chi connectivity index (χ0n) is 17.9. The van der Waals surface area contributed by atoms with E-state index in [0.29, 0.717) is 29.0 Å². The average Bonchev–Trinajstić information content (AvgIpc) is 3.21. The predicted octanol–water partition coefficient (Wildman–Crippen LogP) is 5.14. The normalized spacial score (nSPS) is 11.0. The second-order valence-electron chi connectivity index (χ2n) is 7.58. The van der Waals surface area contributed by atoms with Gasteiger partial charge in [0.25, 0.3) is 5.56 Å². The molecule has 0 spiro atoms. The monoisotopic (exact) mass is 440 g/mol. The number of nitrogens with zero attached hydrogens (tertiary/aromatic N) is 2. The van der Waals surface area contributed by atoms with Crippen LogP contribution < -0.4 is 15.6 Å². The third-order valence-electron chi connectivity index (χ3n) is 5.42. The molecule has 0 aliphatic rings. The van der Waals surface area contributed by atoms with Crippen LogP contribution in [-0.2, 0) is 6.54 Å². The summed E-state index contributed by atoms with van der Waals surface area (Å²) in [5.41, 5.74) is 3.72. The molecular weight excluding hydrogens is 419 g/mol. The molecule has 2 N–H and O–H groups in total. The lowest BCUT2D eigenvalue weighted by molar-refractivity contribution is 0.415.